The number of nitrogens with zero attached hydrogens (tertiary/aromatic N) is 5. The normalized spacial score (nSPS) is 12.2. The van der Waals surface area contributed by atoms with Crippen molar-refractivity contribution in [2.75, 3.05) is 0 Å². The smallest absolute Gasteiger partial charge is 0.311 e. The fourth-order valence-electron chi connectivity index (χ4n) is 2.63. The molecule has 1 aromatic carbocycles. The Morgan fingerprint density at radius 1 is 1.00 bits per heavy atom. The molecule has 0 bridgehead atoms. The summed E-state index contributed by atoms with van der Waals surface area (Å²) in [5, 5.41) is 0.611. The molecule has 0 N–H and O–H groups in total. The standard InChI is InChI=1S/C16H9ClF3N5/c17-13-12-14(24-15(23-13)16(18,19)20)25(8-22-12)7-10-4-1-3-9-5-2-6-21-11(9)10/h1-6,8H,7H2. The topological polar surface area (TPSA) is 56.5 Å². The molecule has 3 heterocycles. The van der Waals surface area contributed by atoms with Gasteiger partial charge in [0.15, 0.2) is 10.8 Å². The number of halogens is 4. The van der Waals surface area contributed by atoms with Crippen LogP contribution in [0, 0.1) is 0 Å². The van der Waals surface area contributed by atoms with E-state index in [1.54, 1.807) is 6.20 Å². The Labute approximate surface area is 144 Å². The van der Waals surface area contributed by atoms with Crippen LogP contribution in [0.2, 0.25) is 5.15 Å². The summed E-state index contributed by atoms with van der Waals surface area (Å²) in [5.74, 6) is -1.29. The molecule has 3 aromatic heterocycles. The molecular formula is C16H9ClF3N5. The number of imidazole rings is 1. The molecule has 0 aliphatic carbocycles. The second-order valence-electron chi connectivity index (χ2n) is 5.37. The van der Waals surface area contributed by atoms with Gasteiger partial charge in [0.05, 0.1) is 18.4 Å². The van der Waals surface area contributed by atoms with Crippen LogP contribution in [0.15, 0.2) is 42.9 Å². The van der Waals surface area contributed by atoms with Gasteiger partial charge in [-0.25, -0.2) is 15.0 Å². The van der Waals surface area contributed by atoms with E-state index >= 15 is 0 Å². The van der Waals surface area contributed by atoms with Crippen molar-refractivity contribution in [3.05, 3.63) is 59.4 Å². The average molecular weight is 364 g/mol. The molecule has 25 heavy (non-hydrogen) atoms. The highest BCUT2D eigenvalue weighted by atomic mass is 35.5. The molecule has 126 valence electrons. The van der Waals surface area contributed by atoms with Crippen LogP contribution in [0.4, 0.5) is 13.2 Å². The number of benzene rings is 1. The lowest BCUT2D eigenvalue weighted by molar-refractivity contribution is -0.144. The van der Waals surface area contributed by atoms with E-state index in [4.69, 9.17) is 11.6 Å². The maximum atomic E-state index is 12.9. The fourth-order valence-corrected chi connectivity index (χ4v) is 2.84. The van der Waals surface area contributed by atoms with Gasteiger partial charge in [0.2, 0.25) is 5.82 Å². The molecule has 0 spiro atoms. The van der Waals surface area contributed by atoms with Crippen molar-refractivity contribution in [1.29, 1.82) is 0 Å². The first-order valence-corrected chi connectivity index (χ1v) is 7.59. The maximum Gasteiger partial charge on any atom is 0.451 e. The summed E-state index contributed by atoms with van der Waals surface area (Å²) in [6.45, 7) is 0.259. The molecule has 0 unspecified atom stereocenters. The van der Waals surface area contributed by atoms with Gasteiger partial charge in [0, 0.05) is 11.6 Å². The molecule has 0 saturated heterocycles. The SMILES string of the molecule is FC(F)(F)c1nc(Cl)c2ncn(Cc3cccc4cccnc34)c2n1. The van der Waals surface area contributed by atoms with Crippen LogP contribution in [0.3, 0.4) is 0 Å². The summed E-state index contributed by atoms with van der Waals surface area (Å²) in [6, 6.07) is 9.37. The van der Waals surface area contributed by atoms with Crippen LogP contribution in [0.5, 0.6) is 0 Å². The van der Waals surface area contributed by atoms with Gasteiger partial charge in [-0.05, 0) is 11.6 Å². The molecular weight excluding hydrogens is 355 g/mol. The zero-order valence-corrected chi connectivity index (χ0v) is 13.3. The van der Waals surface area contributed by atoms with Crippen molar-refractivity contribution in [3.8, 4) is 0 Å². The van der Waals surface area contributed by atoms with Gasteiger partial charge in [-0.3, -0.25) is 4.98 Å². The molecule has 0 saturated carbocycles. The number of hydrogen-bond donors (Lipinski definition) is 0. The van der Waals surface area contributed by atoms with Gasteiger partial charge < -0.3 is 4.57 Å². The minimum absolute atomic E-state index is 0.0280. The zero-order chi connectivity index (χ0) is 17.6. The molecule has 0 radical (unpaired) electrons. The lowest BCUT2D eigenvalue weighted by atomic mass is 10.1. The van der Waals surface area contributed by atoms with Crippen LogP contribution in [0.1, 0.15) is 11.4 Å². The number of pyridine rings is 1. The maximum absolute atomic E-state index is 12.9. The quantitative estimate of drug-likeness (QED) is 0.503. The van der Waals surface area contributed by atoms with Crippen LogP contribution in [-0.4, -0.2) is 24.5 Å². The highest BCUT2D eigenvalue weighted by molar-refractivity contribution is 6.33. The molecule has 4 rings (SSSR count). The van der Waals surface area contributed by atoms with E-state index in [-0.39, 0.29) is 22.9 Å². The largest absolute Gasteiger partial charge is 0.451 e. The molecule has 0 fully saturated rings. The summed E-state index contributed by atoms with van der Waals surface area (Å²) < 4.78 is 40.3. The van der Waals surface area contributed by atoms with E-state index in [9.17, 15) is 13.2 Å². The van der Waals surface area contributed by atoms with Gasteiger partial charge in [0.25, 0.3) is 0 Å². The fraction of sp³-hybridized carbons (Fsp3) is 0.125. The zero-order valence-electron chi connectivity index (χ0n) is 12.5. The molecule has 0 amide bonds. The van der Waals surface area contributed by atoms with Crippen molar-refractivity contribution in [2.24, 2.45) is 0 Å². The van der Waals surface area contributed by atoms with Gasteiger partial charge in [-0.1, -0.05) is 35.9 Å². The first kappa shape index (κ1) is 15.8. The number of aromatic nitrogens is 5. The predicted molar refractivity (Wildman–Crippen MR) is 86.2 cm³/mol. The molecule has 0 aliphatic heterocycles. The van der Waals surface area contributed by atoms with Crippen LogP contribution >= 0.6 is 11.6 Å². The summed E-state index contributed by atoms with van der Waals surface area (Å²) >= 11 is 5.84. The van der Waals surface area contributed by atoms with Gasteiger partial charge in [-0.2, -0.15) is 13.2 Å². The number of rotatable bonds is 2. The third kappa shape index (κ3) is 2.78. The Morgan fingerprint density at radius 2 is 1.80 bits per heavy atom. The van der Waals surface area contributed by atoms with Crippen molar-refractivity contribution in [3.63, 3.8) is 0 Å². The number of fused-ring (bicyclic) bond motifs is 2. The van der Waals surface area contributed by atoms with Crippen molar-refractivity contribution in [2.45, 2.75) is 12.7 Å². The molecule has 5 nitrogen and oxygen atoms in total. The summed E-state index contributed by atoms with van der Waals surface area (Å²) in [6.07, 6.45) is -1.63. The Kier molecular flexibility index (Phi) is 3.57. The Balaban J connectivity index is 1.85. The van der Waals surface area contributed by atoms with E-state index in [1.165, 1.54) is 10.9 Å². The van der Waals surface area contributed by atoms with E-state index in [2.05, 4.69) is 19.9 Å². The summed E-state index contributed by atoms with van der Waals surface area (Å²) in [7, 11) is 0. The van der Waals surface area contributed by atoms with Gasteiger partial charge in [-0.15, -0.1) is 0 Å². The minimum atomic E-state index is -4.69. The van der Waals surface area contributed by atoms with Crippen molar-refractivity contribution >= 4 is 33.7 Å². The van der Waals surface area contributed by atoms with Crippen LogP contribution < -0.4 is 0 Å². The lowest BCUT2D eigenvalue weighted by Gasteiger charge is -2.09. The lowest BCUT2D eigenvalue weighted by Crippen LogP contribution is -2.12. The average Bonchev–Trinajstić information content (AvgIpc) is 2.98. The van der Waals surface area contributed by atoms with E-state index in [0.29, 0.717) is 0 Å². The second kappa shape index (κ2) is 5.66. The van der Waals surface area contributed by atoms with Crippen molar-refractivity contribution < 1.29 is 13.2 Å². The van der Waals surface area contributed by atoms with E-state index in [1.807, 2.05) is 30.3 Å². The second-order valence-corrected chi connectivity index (χ2v) is 5.73. The molecule has 4 aromatic rings. The first-order chi connectivity index (χ1) is 11.9. The molecule has 0 atom stereocenters. The molecule has 0 aliphatic rings. The third-order valence-corrected chi connectivity index (χ3v) is 4.00. The Hall–Kier alpha value is -2.74. The highest BCUT2D eigenvalue weighted by Crippen LogP contribution is 2.30. The first-order valence-electron chi connectivity index (χ1n) is 7.21. The number of para-hydroxylation sites is 1. The van der Waals surface area contributed by atoms with E-state index in [0.717, 1.165) is 16.5 Å². The monoisotopic (exact) mass is 363 g/mol. The highest BCUT2D eigenvalue weighted by Gasteiger charge is 2.36. The van der Waals surface area contributed by atoms with Crippen LogP contribution in [0.25, 0.3) is 22.1 Å². The van der Waals surface area contributed by atoms with E-state index < -0.39 is 12.0 Å². The Morgan fingerprint density at radius 3 is 2.60 bits per heavy atom. The number of hydrogen-bond acceptors (Lipinski definition) is 4. The summed E-state index contributed by atoms with van der Waals surface area (Å²) in [5.41, 5.74) is 1.76. The Bertz CT molecular complexity index is 1080. The number of alkyl halides is 3. The minimum Gasteiger partial charge on any atom is -0.311 e. The van der Waals surface area contributed by atoms with Gasteiger partial charge in [0.1, 0.15) is 5.52 Å². The van der Waals surface area contributed by atoms with Crippen molar-refractivity contribution in [1.82, 2.24) is 24.5 Å². The molecule has 9 heteroatoms. The third-order valence-electron chi connectivity index (χ3n) is 3.73. The predicted octanol–water partition coefficient (Wildman–Crippen LogP) is 4.10. The summed E-state index contributed by atoms with van der Waals surface area (Å²) in [4.78, 5) is 15.3. The van der Waals surface area contributed by atoms with Gasteiger partial charge >= 0.3 is 6.18 Å². The van der Waals surface area contributed by atoms with Crippen LogP contribution in [-0.2, 0) is 12.7 Å².